The zero-order valence-corrected chi connectivity index (χ0v) is 22.0. The van der Waals surface area contributed by atoms with E-state index in [0.29, 0.717) is 6.42 Å². The van der Waals surface area contributed by atoms with Gasteiger partial charge in [-0.3, -0.25) is 4.79 Å². The van der Waals surface area contributed by atoms with E-state index < -0.39 is 73.2 Å². The van der Waals surface area contributed by atoms with E-state index >= 15 is 0 Å². The molecule has 0 fully saturated rings. The number of aromatic hydroxyl groups is 4. The Hall–Kier alpha value is -3.71. The average molecular weight is 605 g/mol. The molecule has 236 valence electrons. The van der Waals surface area contributed by atoms with Gasteiger partial charge in [-0.2, -0.15) is 0 Å². The van der Waals surface area contributed by atoms with E-state index in [4.69, 9.17) is 51.1 Å². The van der Waals surface area contributed by atoms with Crippen LogP contribution < -0.4 is 0 Å². The number of aliphatic hydroxyl groups is 9. The summed E-state index contributed by atoms with van der Waals surface area (Å²) in [4.78, 5) is 31.6. The number of hydrogen-bond acceptors (Lipinski definition) is 16. The maximum absolute atomic E-state index is 12.0. The van der Waals surface area contributed by atoms with E-state index in [0.717, 1.165) is 17.7 Å². The molecule has 0 amide bonds. The topological polar surface area (TPSA) is 314 Å². The van der Waals surface area contributed by atoms with Gasteiger partial charge in [0.25, 0.3) is 0 Å². The van der Waals surface area contributed by atoms with Crippen LogP contribution in [0.4, 0.5) is 0 Å². The summed E-state index contributed by atoms with van der Waals surface area (Å²) in [5.74, 6) is -1.48. The molecule has 7 unspecified atom stereocenters. The third-order valence-electron chi connectivity index (χ3n) is 5.43. The molecule has 0 aliphatic rings. The van der Waals surface area contributed by atoms with E-state index in [9.17, 15) is 29.7 Å². The fourth-order valence-corrected chi connectivity index (χ4v) is 2.96. The highest BCUT2D eigenvalue weighted by atomic mass is 16.4. The number of Topliss-reactive ketones (excluding diaryl/α,β-unsaturated/α-hetero) is 1. The number of carbonyl (C=O) groups excluding carboxylic acids is 3. The van der Waals surface area contributed by atoms with Gasteiger partial charge in [0, 0.05) is 18.6 Å². The predicted molar refractivity (Wildman–Crippen MR) is 141 cm³/mol. The van der Waals surface area contributed by atoms with Gasteiger partial charge in [0.15, 0.2) is 18.4 Å². The maximum atomic E-state index is 12.0. The molecule has 16 nitrogen and oxygen atoms in total. The second-order valence-electron chi connectivity index (χ2n) is 8.67. The lowest BCUT2D eigenvalue weighted by molar-refractivity contribution is -0.136. The Bertz CT molecular complexity index is 1070. The predicted octanol–water partition coefficient (Wildman–Crippen LogP) is -3.79. The lowest BCUT2D eigenvalue weighted by Gasteiger charge is -2.22. The lowest BCUT2D eigenvalue weighted by atomic mass is 10.0. The minimum absolute atomic E-state index is 0.0258. The summed E-state index contributed by atoms with van der Waals surface area (Å²) >= 11 is 0. The minimum atomic E-state index is -1.79. The van der Waals surface area contributed by atoms with Gasteiger partial charge >= 0.3 is 0 Å². The number of aldehydes is 2. The van der Waals surface area contributed by atoms with E-state index in [2.05, 4.69) is 0 Å². The standard InChI is InChI=1S/C15H14O5.C6H12O6.C5H10O5/c16-10-4-1-9(2-5-10)3-6-12(18)15-13(19)7-11(17)8-14(15)20;7-1-3(9)5(11)6(12)4(10)2-8;6-1-3(8)5(10)4(9)2-7/h1-2,4-5,7-8,16-17,19-20H,3,6H2;1,3-6,8-12H,2H2;1,3-5,7-10H,2H2. The zero-order valence-electron chi connectivity index (χ0n) is 22.0. The quantitative estimate of drug-likeness (QED) is 0.0770. The van der Waals surface area contributed by atoms with Crippen LogP contribution in [0.25, 0.3) is 0 Å². The molecule has 13 N–H and O–H groups in total. The Labute approximate surface area is 238 Å². The van der Waals surface area contributed by atoms with Crippen LogP contribution >= 0.6 is 0 Å². The third kappa shape index (κ3) is 12.9. The molecule has 0 aromatic heterocycles. The molecule has 2 rings (SSSR count). The van der Waals surface area contributed by atoms with Crippen molar-refractivity contribution in [1.82, 2.24) is 0 Å². The number of carbonyl (C=O) groups is 3. The lowest BCUT2D eigenvalue weighted by Crippen LogP contribution is -2.46. The molecule has 16 heteroatoms. The number of aryl methyl sites for hydroxylation is 1. The SMILES string of the molecule is O=C(CCc1ccc(O)cc1)c1c(O)cc(O)cc1O.O=CC(O)C(O)C(O)C(O)CO.O=CC(O)C(O)C(O)CO. The Balaban J connectivity index is 0.000000657. The summed E-state index contributed by atoms with van der Waals surface area (Å²) in [6.07, 6.45) is -11.0. The first-order chi connectivity index (χ1) is 19.6. The number of aliphatic hydroxyl groups excluding tert-OH is 9. The van der Waals surface area contributed by atoms with Crippen molar-refractivity contribution in [2.75, 3.05) is 13.2 Å². The van der Waals surface area contributed by atoms with Crippen molar-refractivity contribution in [1.29, 1.82) is 0 Å². The average Bonchev–Trinajstić information content (AvgIpc) is 2.97. The number of ketones is 1. The Morgan fingerprint density at radius 2 is 1.07 bits per heavy atom. The smallest absolute Gasteiger partial charge is 0.170 e. The molecule has 0 spiro atoms. The molecule has 0 radical (unpaired) electrons. The number of rotatable bonds is 13. The fourth-order valence-electron chi connectivity index (χ4n) is 2.96. The third-order valence-corrected chi connectivity index (χ3v) is 5.43. The van der Waals surface area contributed by atoms with E-state index in [1.54, 1.807) is 12.1 Å². The summed E-state index contributed by atoms with van der Waals surface area (Å²) in [5.41, 5.74) is 0.662. The molecule has 0 saturated heterocycles. The van der Waals surface area contributed by atoms with Crippen LogP contribution in [0.3, 0.4) is 0 Å². The van der Waals surface area contributed by atoms with Crippen molar-refractivity contribution >= 4 is 18.4 Å². The molecule has 2 aromatic carbocycles. The summed E-state index contributed by atoms with van der Waals surface area (Å²) in [6.45, 7) is -1.45. The van der Waals surface area contributed by atoms with Crippen molar-refractivity contribution in [3.63, 3.8) is 0 Å². The first kappa shape index (κ1) is 38.3. The van der Waals surface area contributed by atoms with E-state index in [1.807, 2.05) is 0 Å². The van der Waals surface area contributed by atoms with Gasteiger partial charge in [0.05, 0.1) is 13.2 Å². The monoisotopic (exact) mass is 604 g/mol. The van der Waals surface area contributed by atoms with Crippen molar-refractivity contribution in [2.24, 2.45) is 0 Å². The van der Waals surface area contributed by atoms with Gasteiger partial charge in [-0.15, -0.1) is 0 Å². The molecular weight excluding hydrogens is 568 g/mol. The van der Waals surface area contributed by atoms with Crippen molar-refractivity contribution in [3.8, 4) is 23.0 Å². The van der Waals surface area contributed by atoms with Crippen LogP contribution in [-0.2, 0) is 16.0 Å². The highest BCUT2D eigenvalue weighted by molar-refractivity contribution is 6.01. The Morgan fingerprint density at radius 3 is 1.50 bits per heavy atom. The molecule has 0 bridgehead atoms. The zero-order chi connectivity index (χ0) is 32.6. The highest BCUT2D eigenvalue weighted by Gasteiger charge is 2.29. The molecule has 2 aromatic rings. The van der Waals surface area contributed by atoms with Crippen LogP contribution in [0.5, 0.6) is 23.0 Å². The van der Waals surface area contributed by atoms with Crippen LogP contribution in [-0.4, -0.2) is 141 Å². The number of phenols is 4. The number of hydrogen-bond donors (Lipinski definition) is 13. The van der Waals surface area contributed by atoms with Crippen LogP contribution in [0.2, 0.25) is 0 Å². The van der Waals surface area contributed by atoms with Crippen LogP contribution in [0.1, 0.15) is 22.3 Å². The first-order valence-electron chi connectivity index (χ1n) is 12.1. The highest BCUT2D eigenvalue weighted by Crippen LogP contribution is 2.33. The Kier molecular flexibility index (Phi) is 17.7. The Morgan fingerprint density at radius 1 is 0.643 bits per heavy atom. The molecule has 7 atom stereocenters. The summed E-state index contributed by atoms with van der Waals surface area (Å²) in [5, 5.41) is 115. The van der Waals surface area contributed by atoms with Gasteiger partial charge in [0.1, 0.15) is 71.3 Å². The number of phenolic OH excluding ortho intramolecular Hbond substituents is 4. The minimum Gasteiger partial charge on any atom is -0.508 e. The van der Waals surface area contributed by atoms with Gasteiger partial charge in [0.2, 0.25) is 0 Å². The molecule has 0 aliphatic carbocycles. The fraction of sp³-hybridized carbons (Fsp3) is 0.423. The van der Waals surface area contributed by atoms with E-state index in [-0.39, 0.29) is 36.1 Å². The summed E-state index contributed by atoms with van der Waals surface area (Å²) in [6, 6.07) is 8.45. The molecule has 0 aliphatic heterocycles. The largest absolute Gasteiger partial charge is 0.508 e. The van der Waals surface area contributed by atoms with Gasteiger partial charge < -0.3 is 76.0 Å². The second kappa shape index (κ2) is 19.4. The van der Waals surface area contributed by atoms with E-state index in [1.165, 1.54) is 12.1 Å². The van der Waals surface area contributed by atoms with Crippen molar-refractivity contribution < 1.29 is 80.8 Å². The maximum Gasteiger partial charge on any atom is 0.170 e. The molecular formula is C26H36O16. The summed E-state index contributed by atoms with van der Waals surface area (Å²) < 4.78 is 0. The van der Waals surface area contributed by atoms with Crippen molar-refractivity contribution in [3.05, 3.63) is 47.5 Å². The molecule has 0 saturated carbocycles. The summed E-state index contributed by atoms with van der Waals surface area (Å²) in [7, 11) is 0. The van der Waals surface area contributed by atoms with Gasteiger partial charge in [-0.1, -0.05) is 12.1 Å². The van der Waals surface area contributed by atoms with Crippen molar-refractivity contribution in [2.45, 2.75) is 55.6 Å². The normalized spacial score (nSPS) is 15.6. The van der Waals surface area contributed by atoms with Gasteiger partial charge in [-0.25, -0.2) is 0 Å². The second-order valence-corrected chi connectivity index (χ2v) is 8.67. The number of benzene rings is 2. The van der Waals surface area contributed by atoms with Gasteiger partial charge in [-0.05, 0) is 24.1 Å². The molecule has 0 heterocycles. The van der Waals surface area contributed by atoms with Crippen LogP contribution in [0, 0.1) is 0 Å². The van der Waals surface area contributed by atoms with Crippen LogP contribution in [0.15, 0.2) is 36.4 Å². The first-order valence-corrected chi connectivity index (χ1v) is 12.1. The molecule has 42 heavy (non-hydrogen) atoms.